The molecule has 0 radical (unpaired) electrons. The third-order valence-corrected chi connectivity index (χ3v) is 2.76. The minimum atomic E-state index is -0.691. The number of thiol groups is 1. The van der Waals surface area contributed by atoms with Crippen molar-refractivity contribution in [1.29, 1.82) is 0 Å². The van der Waals surface area contributed by atoms with Crippen LogP contribution in [0.25, 0.3) is 0 Å². The van der Waals surface area contributed by atoms with Gasteiger partial charge in [0.05, 0.1) is 0 Å². The summed E-state index contributed by atoms with van der Waals surface area (Å²) in [4.78, 5) is 10.1. The van der Waals surface area contributed by atoms with Crippen LogP contribution in [0.15, 0.2) is 0 Å². The molecule has 0 rings (SSSR count). The Balaban J connectivity index is 2.85. The maximum atomic E-state index is 10.1. The standard InChI is InChI=1S/C7H14O2S2/c8-7(9)3-1-2-5-11-6-4-10/h10H,1-6H2,(H,8,9). The molecule has 0 aliphatic carbocycles. The van der Waals surface area contributed by atoms with Gasteiger partial charge in [0.15, 0.2) is 0 Å². The molecule has 0 aliphatic rings. The summed E-state index contributed by atoms with van der Waals surface area (Å²) in [7, 11) is 0. The van der Waals surface area contributed by atoms with E-state index in [1.807, 2.05) is 11.8 Å². The second-order valence-electron chi connectivity index (χ2n) is 2.19. The van der Waals surface area contributed by atoms with Gasteiger partial charge in [-0.1, -0.05) is 0 Å². The van der Waals surface area contributed by atoms with E-state index in [2.05, 4.69) is 12.6 Å². The highest BCUT2D eigenvalue weighted by Crippen LogP contribution is 2.06. The number of carboxylic acid groups (broad SMARTS) is 1. The summed E-state index contributed by atoms with van der Waals surface area (Å²) in [5.74, 6) is 2.34. The monoisotopic (exact) mass is 194 g/mol. The molecule has 11 heavy (non-hydrogen) atoms. The Morgan fingerprint density at radius 1 is 1.36 bits per heavy atom. The van der Waals surface area contributed by atoms with Gasteiger partial charge in [0.2, 0.25) is 0 Å². The van der Waals surface area contributed by atoms with E-state index in [0.717, 1.165) is 30.1 Å². The minimum absolute atomic E-state index is 0.307. The third kappa shape index (κ3) is 10.2. The zero-order chi connectivity index (χ0) is 8.53. The van der Waals surface area contributed by atoms with Crippen LogP contribution in [0, 0.1) is 0 Å². The summed E-state index contributed by atoms with van der Waals surface area (Å²) in [6.07, 6.45) is 2.11. The molecule has 0 heterocycles. The normalized spacial score (nSPS) is 9.91. The van der Waals surface area contributed by atoms with Gasteiger partial charge in [-0.05, 0) is 24.3 Å². The molecule has 0 saturated heterocycles. The van der Waals surface area contributed by atoms with Crippen LogP contribution in [0.3, 0.4) is 0 Å². The first-order chi connectivity index (χ1) is 5.27. The van der Waals surface area contributed by atoms with E-state index in [4.69, 9.17) is 5.11 Å². The van der Waals surface area contributed by atoms with Gasteiger partial charge < -0.3 is 5.11 Å². The molecule has 0 fully saturated rings. The molecule has 0 aromatic heterocycles. The maximum Gasteiger partial charge on any atom is 0.303 e. The van der Waals surface area contributed by atoms with Crippen molar-refractivity contribution >= 4 is 30.4 Å². The fourth-order valence-electron chi connectivity index (χ4n) is 0.647. The van der Waals surface area contributed by atoms with Crippen LogP contribution in [0.5, 0.6) is 0 Å². The maximum absolute atomic E-state index is 10.1. The topological polar surface area (TPSA) is 37.3 Å². The van der Waals surface area contributed by atoms with Gasteiger partial charge in [-0.3, -0.25) is 4.79 Å². The Bertz CT molecular complexity index is 107. The molecule has 0 aromatic rings. The second kappa shape index (κ2) is 8.27. The van der Waals surface area contributed by atoms with Crippen LogP contribution in [0.2, 0.25) is 0 Å². The van der Waals surface area contributed by atoms with Crippen LogP contribution < -0.4 is 0 Å². The van der Waals surface area contributed by atoms with E-state index in [9.17, 15) is 4.79 Å². The molecule has 4 heteroatoms. The number of carbonyl (C=O) groups is 1. The van der Waals surface area contributed by atoms with Crippen molar-refractivity contribution in [1.82, 2.24) is 0 Å². The Morgan fingerprint density at radius 2 is 2.09 bits per heavy atom. The number of thioether (sulfide) groups is 1. The van der Waals surface area contributed by atoms with Gasteiger partial charge >= 0.3 is 5.97 Å². The lowest BCUT2D eigenvalue weighted by atomic mass is 10.3. The first kappa shape index (κ1) is 11.2. The van der Waals surface area contributed by atoms with Gasteiger partial charge in [-0.15, -0.1) is 0 Å². The van der Waals surface area contributed by atoms with E-state index in [1.54, 1.807) is 0 Å². The predicted octanol–water partition coefficient (Wildman–Crippen LogP) is 1.90. The molecule has 0 aliphatic heterocycles. The summed E-state index contributed by atoms with van der Waals surface area (Å²) in [6.45, 7) is 0. The first-order valence-corrected chi connectivity index (χ1v) is 5.46. The van der Waals surface area contributed by atoms with Crippen LogP contribution in [0.1, 0.15) is 19.3 Å². The van der Waals surface area contributed by atoms with Crippen LogP contribution in [-0.4, -0.2) is 28.3 Å². The van der Waals surface area contributed by atoms with Crippen molar-refractivity contribution in [2.45, 2.75) is 19.3 Å². The highest BCUT2D eigenvalue weighted by molar-refractivity contribution is 7.99. The molecule has 0 saturated carbocycles. The van der Waals surface area contributed by atoms with E-state index in [1.165, 1.54) is 0 Å². The Labute approximate surface area is 77.2 Å². The molecule has 0 spiro atoms. The van der Waals surface area contributed by atoms with Crippen LogP contribution in [0.4, 0.5) is 0 Å². The first-order valence-electron chi connectivity index (χ1n) is 3.67. The number of unbranched alkanes of at least 4 members (excludes halogenated alkanes) is 1. The zero-order valence-corrected chi connectivity index (χ0v) is 8.16. The highest BCUT2D eigenvalue weighted by Gasteiger charge is 1.95. The number of hydrogen-bond donors (Lipinski definition) is 2. The lowest BCUT2D eigenvalue weighted by molar-refractivity contribution is -0.137. The molecule has 66 valence electrons. The third-order valence-electron chi connectivity index (χ3n) is 1.16. The summed E-state index contributed by atoms with van der Waals surface area (Å²) < 4.78 is 0. The molecule has 0 atom stereocenters. The van der Waals surface area contributed by atoms with Crippen molar-refractivity contribution < 1.29 is 9.90 Å². The molecule has 0 amide bonds. The van der Waals surface area contributed by atoms with E-state index in [-0.39, 0.29) is 0 Å². The Hall–Kier alpha value is 0.170. The second-order valence-corrected chi connectivity index (χ2v) is 3.86. The highest BCUT2D eigenvalue weighted by atomic mass is 32.2. The molecule has 0 unspecified atom stereocenters. The molecule has 0 aromatic carbocycles. The number of carboxylic acids is 1. The van der Waals surface area contributed by atoms with Gasteiger partial charge in [0.1, 0.15) is 0 Å². The van der Waals surface area contributed by atoms with E-state index < -0.39 is 5.97 Å². The summed E-state index contributed by atoms with van der Waals surface area (Å²) in [5, 5.41) is 8.30. The minimum Gasteiger partial charge on any atom is -0.481 e. The average Bonchev–Trinajstić information content (AvgIpc) is 1.96. The number of aliphatic carboxylic acids is 1. The van der Waals surface area contributed by atoms with Crippen molar-refractivity contribution in [2.75, 3.05) is 17.3 Å². The summed E-state index contributed by atoms with van der Waals surface area (Å²) >= 11 is 5.90. The quantitative estimate of drug-likeness (QED) is 0.480. The van der Waals surface area contributed by atoms with Crippen LogP contribution >= 0.6 is 24.4 Å². The molecular weight excluding hydrogens is 180 g/mol. The summed E-state index contributed by atoms with van der Waals surface area (Å²) in [6, 6.07) is 0. The van der Waals surface area contributed by atoms with Gasteiger partial charge in [0, 0.05) is 12.2 Å². The van der Waals surface area contributed by atoms with Crippen molar-refractivity contribution in [3.63, 3.8) is 0 Å². The summed E-state index contributed by atoms with van der Waals surface area (Å²) in [5.41, 5.74) is 0. The molecular formula is C7H14O2S2. The molecule has 0 bridgehead atoms. The molecule has 1 N–H and O–H groups in total. The van der Waals surface area contributed by atoms with Crippen LogP contribution in [-0.2, 0) is 4.79 Å². The fraction of sp³-hybridized carbons (Fsp3) is 0.857. The molecule has 2 nitrogen and oxygen atoms in total. The van der Waals surface area contributed by atoms with Gasteiger partial charge in [0.25, 0.3) is 0 Å². The zero-order valence-electron chi connectivity index (χ0n) is 6.45. The Kier molecular flexibility index (Phi) is 8.40. The lowest BCUT2D eigenvalue weighted by Gasteiger charge is -1.97. The largest absolute Gasteiger partial charge is 0.481 e. The van der Waals surface area contributed by atoms with Crippen molar-refractivity contribution in [2.24, 2.45) is 0 Å². The number of hydrogen-bond acceptors (Lipinski definition) is 3. The van der Waals surface area contributed by atoms with Gasteiger partial charge in [-0.25, -0.2) is 0 Å². The van der Waals surface area contributed by atoms with Crippen molar-refractivity contribution in [3.05, 3.63) is 0 Å². The Morgan fingerprint density at radius 3 is 2.64 bits per heavy atom. The fourth-order valence-corrected chi connectivity index (χ4v) is 1.78. The van der Waals surface area contributed by atoms with E-state index in [0.29, 0.717) is 6.42 Å². The predicted molar refractivity (Wildman–Crippen MR) is 52.7 cm³/mol. The average molecular weight is 194 g/mol. The van der Waals surface area contributed by atoms with Gasteiger partial charge in [-0.2, -0.15) is 24.4 Å². The SMILES string of the molecule is O=C(O)CCCCSCCS. The smallest absolute Gasteiger partial charge is 0.303 e. The van der Waals surface area contributed by atoms with Crippen molar-refractivity contribution in [3.8, 4) is 0 Å². The lowest BCUT2D eigenvalue weighted by Crippen LogP contribution is -1.94. The number of rotatable bonds is 7. The van der Waals surface area contributed by atoms with E-state index >= 15 is 0 Å².